The van der Waals surface area contributed by atoms with Crippen molar-refractivity contribution in [3.8, 4) is 0 Å². The van der Waals surface area contributed by atoms with Gasteiger partial charge in [-0.1, -0.05) is 56.2 Å². The van der Waals surface area contributed by atoms with Crippen molar-refractivity contribution in [3.05, 3.63) is 46.5 Å². The van der Waals surface area contributed by atoms with Crippen molar-refractivity contribution in [2.75, 3.05) is 19.6 Å². The van der Waals surface area contributed by atoms with E-state index >= 15 is 0 Å². The van der Waals surface area contributed by atoms with Crippen molar-refractivity contribution < 1.29 is 4.79 Å². The quantitative estimate of drug-likeness (QED) is 0.816. The second-order valence-corrected chi connectivity index (χ2v) is 6.47. The molecule has 0 aliphatic carbocycles. The van der Waals surface area contributed by atoms with E-state index in [1.165, 1.54) is 22.3 Å². The van der Waals surface area contributed by atoms with Gasteiger partial charge in [-0.05, 0) is 36.8 Å². The van der Waals surface area contributed by atoms with Crippen LogP contribution in [0, 0.1) is 0 Å². The molecule has 1 aromatic carbocycles. The first-order chi connectivity index (χ1) is 10.5. The van der Waals surface area contributed by atoms with Crippen LogP contribution in [0.2, 0.25) is 0 Å². The number of hydrogen-bond acceptors (Lipinski definition) is 1. The van der Waals surface area contributed by atoms with Crippen LogP contribution in [0.4, 0.5) is 4.79 Å². The van der Waals surface area contributed by atoms with Crippen LogP contribution in [0.5, 0.6) is 0 Å². The van der Waals surface area contributed by atoms with Gasteiger partial charge in [-0.15, -0.1) is 0 Å². The third-order valence-corrected chi connectivity index (χ3v) is 4.46. The minimum atomic E-state index is 0.0570. The van der Waals surface area contributed by atoms with Gasteiger partial charge < -0.3 is 10.2 Å². The number of carbonyl (C=O) groups excluding carboxylic acids is 1. The van der Waals surface area contributed by atoms with Crippen molar-refractivity contribution >= 4 is 6.03 Å². The summed E-state index contributed by atoms with van der Waals surface area (Å²) in [5, 5.41) is 3.04. The molecule has 22 heavy (non-hydrogen) atoms. The van der Waals surface area contributed by atoms with E-state index in [9.17, 15) is 4.79 Å². The lowest BCUT2D eigenvalue weighted by molar-refractivity contribution is 0.209. The van der Waals surface area contributed by atoms with Crippen molar-refractivity contribution in [1.82, 2.24) is 10.2 Å². The topological polar surface area (TPSA) is 32.3 Å². The minimum Gasteiger partial charge on any atom is -0.338 e. The minimum absolute atomic E-state index is 0.0570. The zero-order valence-corrected chi connectivity index (χ0v) is 14.3. The molecule has 1 heterocycles. The molecule has 0 unspecified atom stereocenters. The summed E-state index contributed by atoms with van der Waals surface area (Å²) >= 11 is 0. The first-order valence-electron chi connectivity index (χ1n) is 8.30. The molecule has 0 atom stereocenters. The summed E-state index contributed by atoms with van der Waals surface area (Å²) in [6.07, 6.45) is 1.92. The van der Waals surface area contributed by atoms with E-state index in [1.807, 2.05) is 4.90 Å². The third kappa shape index (κ3) is 4.12. The molecule has 1 N–H and O–H groups in total. The molecule has 0 radical (unpaired) electrons. The average molecular weight is 300 g/mol. The maximum Gasteiger partial charge on any atom is 0.317 e. The number of urea groups is 1. The third-order valence-electron chi connectivity index (χ3n) is 4.46. The van der Waals surface area contributed by atoms with Gasteiger partial charge in [0.2, 0.25) is 0 Å². The number of nitrogens with one attached hydrogen (secondary N) is 1. The van der Waals surface area contributed by atoms with Gasteiger partial charge in [0.1, 0.15) is 0 Å². The van der Waals surface area contributed by atoms with Gasteiger partial charge in [0.05, 0.1) is 0 Å². The van der Waals surface area contributed by atoms with Gasteiger partial charge in [-0.2, -0.15) is 0 Å². The first-order valence-corrected chi connectivity index (χ1v) is 8.30. The lowest BCUT2D eigenvalue weighted by atomic mass is 10.0. The fourth-order valence-corrected chi connectivity index (χ4v) is 2.87. The summed E-state index contributed by atoms with van der Waals surface area (Å²) in [4.78, 5) is 14.1. The SMILES string of the molecule is CCC1=C(C)CN(C(=O)NCCc2ccc(C(C)C)cc2)C1. The molecule has 0 fully saturated rings. The molecule has 1 aliphatic heterocycles. The number of rotatable bonds is 5. The summed E-state index contributed by atoms with van der Waals surface area (Å²) in [7, 11) is 0. The predicted molar refractivity (Wildman–Crippen MR) is 92.2 cm³/mol. The molecule has 0 spiro atoms. The molecule has 1 aliphatic rings. The summed E-state index contributed by atoms with van der Waals surface area (Å²) in [5.41, 5.74) is 5.38. The van der Waals surface area contributed by atoms with Crippen LogP contribution < -0.4 is 5.32 Å². The van der Waals surface area contributed by atoms with Crippen LogP contribution in [0.25, 0.3) is 0 Å². The number of amides is 2. The van der Waals surface area contributed by atoms with E-state index in [0.29, 0.717) is 12.5 Å². The van der Waals surface area contributed by atoms with Gasteiger partial charge in [0.25, 0.3) is 0 Å². The van der Waals surface area contributed by atoms with Crippen LogP contribution in [0.1, 0.15) is 51.2 Å². The molecule has 0 saturated heterocycles. The van der Waals surface area contributed by atoms with Gasteiger partial charge in [0, 0.05) is 19.6 Å². The number of hydrogen-bond donors (Lipinski definition) is 1. The maximum atomic E-state index is 12.2. The molecule has 3 heteroatoms. The molecular weight excluding hydrogens is 272 g/mol. The zero-order chi connectivity index (χ0) is 16.1. The number of nitrogens with zero attached hydrogens (tertiary/aromatic N) is 1. The molecule has 120 valence electrons. The van der Waals surface area contributed by atoms with Crippen LogP contribution in [0.3, 0.4) is 0 Å². The molecule has 0 saturated carbocycles. The Balaban J connectivity index is 1.76. The lowest BCUT2D eigenvalue weighted by Gasteiger charge is -2.17. The Labute approximate surface area is 134 Å². The van der Waals surface area contributed by atoms with E-state index < -0.39 is 0 Å². The smallest absolute Gasteiger partial charge is 0.317 e. The standard InChI is InChI=1S/C19H28N2O/c1-5-17-13-21(12-15(17)4)19(22)20-11-10-16-6-8-18(9-7-16)14(2)3/h6-9,14H,5,10-13H2,1-4H3,(H,20,22). The number of carbonyl (C=O) groups is 1. The zero-order valence-electron chi connectivity index (χ0n) is 14.3. The Hall–Kier alpha value is -1.77. The molecular formula is C19H28N2O. The molecule has 1 aromatic rings. The monoisotopic (exact) mass is 300 g/mol. The second-order valence-electron chi connectivity index (χ2n) is 6.47. The Morgan fingerprint density at radius 1 is 1.23 bits per heavy atom. The molecule has 2 rings (SSSR count). The predicted octanol–water partition coefficient (Wildman–Crippen LogP) is 4.10. The van der Waals surface area contributed by atoms with Gasteiger partial charge >= 0.3 is 6.03 Å². The summed E-state index contributed by atoms with van der Waals surface area (Å²) in [5.74, 6) is 0.562. The fourth-order valence-electron chi connectivity index (χ4n) is 2.87. The van der Waals surface area contributed by atoms with Gasteiger partial charge in [-0.3, -0.25) is 0 Å². The van der Waals surface area contributed by atoms with E-state index in [0.717, 1.165) is 25.9 Å². The van der Waals surface area contributed by atoms with Crippen LogP contribution in [0.15, 0.2) is 35.4 Å². The van der Waals surface area contributed by atoms with E-state index in [2.05, 4.69) is 57.3 Å². The molecule has 0 aromatic heterocycles. The fraction of sp³-hybridized carbons (Fsp3) is 0.526. The highest BCUT2D eigenvalue weighted by Crippen LogP contribution is 2.19. The van der Waals surface area contributed by atoms with Gasteiger partial charge in [-0.25, -0.2) is 4.79 Å². The maximum absolute atomic E-state index is 12.2. The van der Waals surface area contributed by atoms with Crippen molar-refractivity contribution in [1.29, 1.82) is 0 Å². The van der Waals surface area contributed by atoms with Crippen molar-refractivity contribution in [2.24, 2.45) is 0 Å². The van der Waals surface area contributed by atoms with E-state index in [4.69, 9.17) is 0 Å². The molecule has 2 amide bonds. The van der Waals surface area contributed by atoms with E-state index in [1.54, 1.807) is 0 Å². The highest BCUT2D eigenvalue weighted by molar-refractivity contribution is 5.75. The van der Waals surface area contributed by atoms with Crippen LogP contribution in [-0.4, -0.2) is 30.6 Å². The van der Waals surface area contributed by atoms with Crippen molar-refractivity contribution in [3.63, 3.8) is 0 Å². The Kier molecular flexibility index (Phi) is 5.64. The highest BCUT2D eigenvalue weighted by Gasteiger charge is 2.21. The molecule has 0 bridgehead atoms. The average Bonchev–Trinajstić information content (AvgIpc) is 2.89. The van der Waals surface area contributed by atoms with Crippen molar-refractivity contribution in [2.45, 2.75) is 46.5 Å². The lowest BCUT2D eigenvalue weighted by Crippen LogP contribution is -2.39. The Bertz CT molecular complexity index is 543. The largest absolute Gasteiger partial charge is 0.338 e. The van der Waals surface area contributed by atoms with Crippen LogP contribution in [-0.2, 0) is 6.42 Å². The Morgan fingerprint density at radius 2 is 1.91 bits per heavy atom. The van der Waals surface area contributed by atoms with E-state index in [-0.39, 0.29) is 6.03 Å². The first kappa shape index (κ1) is 16.6. The highest BCUT2D eigenvalue weighted by atomic mass is 16.2. The summed E-state index contributed by atoms with van der Waals surface area (Å²) < 4.78 is 0. The second kappa shape index (κ2) is 7.48. The number of benzene rings is 1. The summed E-state index contributed by atoms with van der Waals surface area (Å²) in [6, 6.07) is 8.75. The molecule has 3 nitrogen and oxygen atoms in total. The normalized spacial score (nSPS) is 14.9. The van der Waals surface area contributed by atoms with Gasteiger partial charge in [0.15, 0.2) is 0 Å². The summed E-state index contributed by atoms with van der Waals surface area (Å²) in [6.45, 7) is 10.9. The van der Waals surface area contributed by atoms with Crippen LogP contribution >= 0.6 is 0 Å². The Morgan fingerprint density at radius 3 is 2.45 bits per heavy atom.